The Balaban J connectivity index is 0.865. The summed E-state index contributed by atoms with van der Waals surface area (Å²) in [6.45, 7) is 20.1. The predicted molar refractivity (Wildman–Crippen MR) is 315 cm³/mol. The molecule has 2 aliphatic carbocycles. The molecule has 16 nitrogen and oxygen atoms in total. The van der Waals surface area contributed by atoms with Crippen molar-refractivity contribution < 1.29 is 38.4 Å². The fourth-order valence-electron chi connectivity index (χ4n) is 11.9. The SMILES string of the molecule is Cc1c(F)cc(C(=O)NC2CC2)cc1-c1ccc2c(=O)n(CC(C)(C)COC3CC3NC(=O)c3cc(F)c(C)c(-c4ccc5c(=O)n(CC(C)(C)CO)cc(C(C)N6CCN[C@@H](CO)C6)c5c4)c3)cc(C(C)N3CCN[C@@H](CO)C3)c2c1. The second-order valence-electron chi connectivity index (χ2n) is 25.2. The average Bonchev–Trinajstić information content (AvgIpc) is 4.51. The van der Waals surface area contributed by atoms with Gasteiger partial charge in [-0.25, -0.2) is 8.78 Å². The number of carbonyl (C=O) groups is 2. The number of ether oxygens (including phenoxy) is 1. The lowest BCUT2D eigenvalue weighted by molar-refractivity contribution is 0.0373. The molecule has 438 valence electrons. The predicted octanol–water partition coefficient (Wildman–Crippen LogP) is 6.72. The summed E-state index contributed by atoms with van der Waals surface area (Å²) in [5.41, 5.74) is 3.76. The molecule has 0 bridgehead atoms. The van der Waals surface area contributed by atoms with Crippen LogP contribution in [0.5, 0.6) is 0 Å². The van der Waals surface area contributed by atoms with Gasteiger partial charge in [0.25, 0.3) is 22.9 Å². The van der Waals surface area contributed by atoms with Crippen molar-refractivity contribution in [3.05, 3.63) is 139 Å². The van der Waals surface area contributed by atoms with E-state index < -0.39 is 28.4 Å². The van der Waals surface area contributed by atoms with Crippen LogP contribution in [0.4, 0.5) is 8.78 Å². The largest absolute Gasteiger partial charge is 0.396 e. The number of nitrogens with zero attached hydrogens (tertiary/aromatic N) is 4. The molecule has 6 aromatic rings. The minimum atomic E-state index is -0.566. The molecule has 4 heterocycles. The molecule has 18 heteroatoms. The Labute approximate surface area is 477 Å². The maximum Gasteiger partial charge on any atom is 0.258 e. The standard InChI is InChI=1S/C64H80F2N8O8/c1-36-49(21-42(23-55(36)65)59(78)69-44-11-12-44)40-10-14-48-52(19-40)54(39(4)72-18-16-68-46(27-72)31-76)29-74(62(48)81)33-64(7,8)35-82-58-25-57(58)70-60(79)43-22-50(37(2)56(66)24-43)41-9-13-47-51(20-41)53(28-73(61(47)80)32-63(5,6)34-77)38(3)71-17-15-67-45(26-71)30-75/h9-10,13-14,19-24,28-29,38-39,44-46,57-58,67-68,75-77H,11-12,15-18,25-27,30-35H2,1-8H3,(H,69,78)(H,70,79)/t38?,39?,45-,46-,57?,58?/m1/s1. The van der Waals surface area contributed by atoms with Gasteiger partial charge in [-0.1, -0.05) is 39.8 Å². The number of aliphatic hydroxyl groups is 3. The van der Waals surface area contributed by atoms with Crippen LogP contribution in [0.1, 0.15) is 116 Å². The molecule has 4 unspecified atom stereocenters. The zero-order chi connectivity index (χ0) is 58.5. The van der Waals surface area contributed by atoms with E-state index in [0.29, 0.717) is 102 Å². The van der Waals surface area contributed by atoms with Crippen molar-refractivity contribution in [1.82, 2.24) is 40.2 Å². The van der Waals surface area contributed by atoms with Gasteiger partial charge in [-0.3, -0.25) is 29.0 Å². The maximum atomic E-state index is 16.0. The number of aliphatic hydroxyl groups excluding tert-OH is 3. The van der Waals surface area contributed by atoms with Crippen LogP contribution in [-0.4, -0.2) is 142 Å². The third-order valence-electron chi connectivity index (χ3n) is 17.4. The summed E-state index contributed by atoms with van der Waals surface area (Å²) >= 11 is 0. The molecule has 2 saturated carbocycles. The number of carbonyl (C=O) groups excluding carboxylic acids is 2. The van der Waals surface area contributed by atoms with Crippen molar-refractivity contribution in [3.8, 4) is 22.3 Å². The summed E-state index contributed by atoms with van der Waals surface area (Å²) in [6.07, 6.45) is 5.82. The number of amides is 2. The minimum Gasteiger partial charge on any atom is -0.396 e. The molecule has 2 saturated heterocycles. The van der Waals surface area contributed by atoms with Gasteiger partial charge in [0.05, 0.1) is 32.0 Å². The number of hydrogen-bond donors (Lipinski definition) is 7. The monoisotopic (exact) mass is 1130 g/mol. The molecule has 0 radical (unpaired) electrons. The van der Waals surface area contributed by atoms with E-state index in [9.17, 15) is 34.5 Å². The van der Waals surface area contributed by atoms with Gasteiger partial charge in [0.2, 0.25) is 0 Å². The lowest BCUT2D eigenvalue weighted by atomic mass is 9.92. The number of halogens is 2. The highest BCUT2D eigenvalue weighted by molar-refractivity contribution is 5.98. The molecule has 2 aliphatic heterocycles. The Hall–Kier alpha value is -6.22. The van der Waals surface area contributed by atoms with Gasteiger partial charge in [0, 0.05) is 134 Å². The minimum absolute atomic E-state index is 0.0134. The topological polar surface area (TPSA) is 203 Å². The van der Waals surface area contributed by atoms with Crippen LogP contribution in [0.25, 0.3) is 43.8 Å². The molecule has 10 rings (SSSR count). The van der Waals surface area contributed by atoms with E-state index in [1.807, 2.05) is 58.3 Å². The quantitative estimate of drug-likeness (QED) is 0.0426. The van der Waals surface area contributed by atoms with E-state index in [2.05, 4.69) is 44.9 Å². The molecule has 2 amide bonds. The lowest BCUT2D eigenvalue weighted by Crippen LogP contribution is -2.52. The summed E-state index contributed by atoms with van der Waals surface area (Å²) in [7, 11) is 0. The van der Waals surface area contributed by atoms with Crippen molar-refractivity contribution in [2.75, 3.05) is 65.7 Å². The number of benzene rings is 4. The van der Waals surface area contributed by atoms with Crippen LogP contribution < -0.4 is 32.4 Å². The Kier molecular flexibility index (Phi) is 17.1. The van der Waals surface area contributed by atoms with Crippen molar-refractivity contribution in [2.24, 2.45) is 10.8 Å². The first kappa shape index (κ1) is 59.0. The number of pyridine rings is 2. The summed E-state index contributed by atoms with van der Waals surface area (Å²) in [4.78, 5) is 60.4. The third kappa shape index (κ3) is 12.6. The van der Waals surface area contributed by atoms with Gasteiger partial charge in [0.1, 0.15) is 11.6 Å². The normalized spacial score (nSPS) is 20.7. The second-order valence-corrected chi connectivity index (χ2v) is 25.2. The molecule has 4 aromatic carbocycles. The van der Waals surface area contributed by atoms with E-state index in [1.54, 1.807) is 53.3 Å². The summed E-state index contributed by atoms with van der Waals surface area (Å²) in [5.74, 6) is -1.81. The van der Waals surface area contributed by atoms with Crippen LogP contribution in [0.3, 0.4) is 0 Å². The van der Waals surface area contributed by atoms with Crippen LogP contribution in [0, 0.1) is 36.3 Å². The average molecular weight is 1130 g/mol. The van der Waals surface area contributed by atoms with Gasteiger partial charge >= 0.3 is 0 Å². The molecule has 2 aromatic heterocycles. The zero-order valence-electron chi connectivity index (χ0n) is 48.5. The zero-order valence-corrected chi connectivity index (χ0v) is 48.5. The van der Waals surface area contributed by atoms with Crippen LogP contribution in [0.2, 0.25) is 0 Å². The van der Waals surface area contributed by atoms with Crippen molar-refractivity contribution in [3.63, 3.8) is 0 Å². The molecular formula is C64H80F2N8O8. The van der Waals surface area contributed by atoms with Gasteiger partial charge < -0.3 is 50.5 Å². The molecule has 6 atom stereocenters. The van der Waals surface area contributed by atoms with E-state index >= 15 is 8.78 Å². The Morgan fingerprint density at radius 2 is 1.13 bits per heavy atom. The summed E-state index contributed by atoms with van der Waals surface area (Å²) in [5, 5.41) is 45.4. The number of fused-ring (bicyclic) bond motifs is 2. The number of aromatic nitrogens is 2. The number of hydrogen-bond acceptors (Lipinski definition) is 12. The van der Waals surface area contributed by atoms with Gasteiger partial charge in [-0.05, 0) is 151 Å². The number of piperazine rings is 2. The van der Waals surface area contributed by atoms with Crippen molar-refractivity contribution >= 4 is 33.4 Å². The van der Waals surface area contributed by atoms with Crippen LogP contribution >= 0.6 is 0 Å². The molecule has 7 N–H and O–H groups in total. The maximum absolute atomic E-state index is 16.0. The first-order chi connectivity index (χ1) is 39.0. The first-order valence-electron chi connectivity index (χ1n) is 29.0. The highest BCUT2D eigenvalue weighted by Gasteiger charge is 2.41. The third-order valence-corrected chi connectivity index (χ3v) is 17.4. The Morgan fingerprint density at radius 3 is 1.59 bits per heavy atom. The first-order valence-corrected chi connectivity index (χ1v) is 29.0. The molecule has 0 spiro atoms. The lowest BCUT2D eigenvalue weighted by Gasteiger charge is -2.37. The molecule has 82 heavy (non-hydrogen) atoms. The molecule has 4 aliphatic rings. The van der Waals surface area contributed by atoms with Gasteiger partial charge in [-0.2, -0.15) is 0 Å². The van der Waals surface area contributed by atoms with E-state index in [1.165, 1.54) is 12.1 Å². The van der Waals surface area contributed by atoms with Gasteiger partial charge in [0.15, 0.2) is 0 Å². The Morgan fingerprint density at radius 1 is 0.671 bits per heavy atom. The smallest absolute Gasteiger partial charge is 0.258 e. The van der Waals surface area contributed by atoms with Crippen molar-refractivity contribution in [2.45, 2.75) is 130 Å². The van der Waals surface area contributed by atoms with Crippen LogP contribution in [-0.2, 0) is 17.8 Å². The van der Waals surface area contributed by atoms with Crippen LogP contribution in [0.15, 0.2) is 82.6 Å². The van der Waals surface area contributed by atoms with E-state index in [0.717, 1.165) is 35.9 Å². The fraction of sp³-hybridized carbons (Fsp3) is 0.500. The Bertz CT molecular complexity index is 3540. The molecule has 4 fully saturated rings. The molecular weight excluding hydrogens is 1050 g/mol. The highest BCUT2D eigenvalue weighted by atomic mass is 19.1. The second kappa shape index (κ2) is 23.8. The number of rotatable bonds is 20. The number of nitrogens with one attached hydrogen (secondary N) is 4. The highest BCUT2D eigenvalue weighted by Crippen LogP contribution is 2.38. The fourth-order valence-corrected chi connectivity index (χ4v) is 11.9. The van der Waals surface area contributed by atoms with E-state index in [-0.39, 0.29) is 96.9 Å². The van der Waals surface area contributed by atoms with Gasteiger partial charge in [-0.15, -0.1) is 0 Å². The van der Waals surface area contributed by atoms with Crippen molar-refractivity contribution in [1.29, 1.82) is 0 Å². The van der Waals surface area contributed by atoms with E-state index in [4.69, 9.17) is 4.74 Å². The summed E-state index contributed by atoms with van der Waals surface area (Å²) in [6, 6.07) is 16.1. The summed E-state index contributed by atoms with van der Waals surface area (Å²) < 4.78 is 41.4.